The predicted octanol–water partition coefficient (Wildman–Crippen LogP) is 11.2. The Morgan fingerprint density at radius 2 is 0.818 bits per heavy atom. The highest BCUT2D eigenvalue weighted by Crippen LogP contribution is 2.41. The fourth-order valence-corrected chi connectivity index (χ4v) is 11.9. The van der Waals surface area contributed by atoms with Crippen molar-refractivity contribution in [1.29, 1.82) is 0 Å². The van der Waals surface area contributed by atoms with Gasteiger partial charge in [0.15, 0.2) is 0 Å². The van der Waals surface area contributed by atoms with E-state index in [2.05, 4.69) is 220 Å². The lowest BCUT2D eigenvalue weighted by Gasteiger charge is -2.45. The standard InChI is InChI=1S/C61H57B2N3/c1-34-22-28-55-50(30-34)62(58-42(9)38(5)36(3)39(6)43(58)10)52-32-48(46-24-26-47(27-25-46)61-64-54-20-16-17-21-57(54)65(61)49-18-14-13-15-19-49)33-53-60(52)66(55)56-29-23-35(2)31-51(56)63(53)59-44(11)40(7)37(4)41(8)45(59)12/h13-33H,1-12H3. The van der Waals surface area contributed by atoms with Gasteiger partial charge < -0.3 is 4.90 Å². The average Bonchev–Trinajstić information content (AvgIpc) is 3.72. The summed E-state index contributed by atoms with van der Waals surface area (Å²) in [6.45, 7) is 28.0. The molecule has 9 aromatic rings. The molecule has 0 unspecified atom stereocenters. The number of aromatic nitrogens is 2. The van der Waals surface area contributed by atoms with Crippen molar-refractivity contribution in [2.45, 2.75) is 83.1 Å². The van der Waals surface area contributed by atoms with Crippen molar-refractivity contribution in [2.75, 3.05) is 4.90 Å². The van der Waals surface area contributed by atoms with Crippen LogP contribution < -0.4 is 37.7 Å². The summed E-state index contributed by atoms with van der Waals surface area (Å²) in [4.78, 5) is 7.88. The Labute approximate surface area is 392 Å². The largest absolute Gasteiger partial charge is 0.313 e. The predicted molar refractivity (Wildman–Crippen MR) is 286 cm³/mol. The Morgan fingerprint density at radius 3 is 1.32 bits per heavy atom. The van der Waals surface area contributed by atoms with Gasteiger partial charge >= 0.3 is 0 Å². The van der Waals surface area contributed by atoms with Crippen LogP contribution in [0.25, 0.3) is 39.2 Å². The van der Waals surface area contributed by atoms with E-state index in [4.69, 9.17) is 4.98 Å². The molecule has 0 saturated carbocycles. The maximum absolute atomic E-state index is 5.24. The Balaban J connectivity index is 1.23. The van der Waals surface area contributed by atoms with Crippen LogP contribution in [0.1, 0.15) is 66.8 Å². The number of nitrogens with zero attached hydrogens (tertiary/aromatic N) is 3. The SMILES string of the molecule is Cc1ccc2c(c1)B(c1c(C)c(C)c(C)c(C)c1C)c1cc(-c3ccc(-c4nc5ccccc5n4-c4ccccc4)cc3)cc3c1N2c1ccc(C)cc1B3c1c(C)c(C)c(C)c(C)c1C. The first-order valence-electron chi connectivity index (χ1n) is 23.7. The second-order valence-corrected chi connectivity index (χ2v) is 19.6. The highest BCUT2D eigenvalue weighted by Gasteiger charge is 2.45. The van der Waals surface area contributed by atoms with E-state index in [1.807, 2.05) is 0 Å². The molecule has 0 amide bonds. The van der Waals surface area contributed by atoms with Crippen LogP contribution in [0.4, 0.5) is 17.1 Å². The zero-order valence-corrected chi connectivity index (χ0v) is 40.6. The molecule has 0 fully saturated rings. The van der Waals surface area contributed by atoms with Gasteiger partial charge in [-0.25, -0.2) is 4.98 Å². The highest BCUT2D eigenvalue weighted by atomic mass is 15.2. The number of anilines is 3. The molecule has 5 heteroatoms. The van der Waals surface area contributed by atoms with Gasteiger partial charge in [-0.05, 0) is 186 Å². The van der Waals surface area contributed by atoms with Crippen molar-refractivity contribution in [1.82, 2.24) is 9.55 Å². The van der Waals surface area contributed by atoms with E-state index in [-0.39, 0.29) is 13.4 Å². The van der Waals surface area contributed by atoms with Crippen molar-refractivity contribution in [3.05, 3.63) is 194 Å². The smallest absolute Gasteiger partial charge is 0.247 e. The van der Waals surface area contributed by atoms with Crippen LogP contribution in [0.3, 0.4) is 0 Å². The maximum Gasteiger partial charge on any atom is 0.247 e. The van der Waals surface area contributed by atoms with Crippen molar-refractivity contribution in [3.8, 4) is 28.2 Å². The van der Waals surface area contributed by atoms with E-state index in [9.17, 15) is 0 Å². The Hall–Kier alpha value is -6.84. The van der Waals surface area contributed by atoms with E-state index in [0.717, 1.165) is 28.1 Å². The van der Waals surface area contributed by atoms with Gasteiger partial charge in [-0.2, -0.15) is 0 Å². The number of fused-ring (bicyclic) bond motifs is 5. The molecule has 0 bridgehead atoms. The third kappa shape index (κ3) is 6.08. The van der Waals surface area contributed by atoms with Crippen LogP contribution in [0.15, 0.2) is 127 Å². The molecule has 0 aliphatic carbocycles. The number of rotatable bonds is 5. The summed E-state index contributed by atoms with van der Waals surface area (Å²) in [7, 11) is 0. The van der Waals surface area contributed by atoms with E-state index in [1.54, 1.807) is 0 Å². The molecule has 8 aromatic carbocycles. The minimum absolute atomic E-state index is 0.0317. The van der Waals surface area contributed by atoms with Crippen LogP contribution >= 0.6 is 0 Å². The molecule has 322 valence electrons. The summed E-state index contributed by atoms with van der Waals surface area (Å²) in [5.41, 5.74) is 35.5. The first kappa shape index (κ1) is 41.8. The molecule has 3 heterocycles. The third-order valence-electron chi connectivity index (χ3n) is 16.2. The summed E-state index contributed by atoms with van der Waals surface area (Å²) in [6, 6.07) is 47.8. The minimum Gasteiger partial charge on any atom is -0.313 e. The molecule has 66 heavy (non-hydrogen) atoms. The number of hydrogen-bond acceptors (Lipinski definition) is 2. The fourth-order valence-electron chi connectivity index (χ4n) is 11.9. The van der Waals surface area contributed by atoms with E-state index in [0.29, 0.717) is 0 Å². The minimum atomic E-state index is 0.0317. The zero-order valence-electron chi connectivity index (χ0n) is 40.6. The Bertz CT molecular complexity index is 3300. The number of imidazole rings is 1. The lowest BCUT2D eigenvalue weighted by molar-refractivity contribution is 1.10. The van der Waals surface area contributed by atoms with Gasteiger partial charge in [-0.1, -0.05) is 135 Å². The maximum atomic E-state index is 5.24. The molecule has 0 atom stereocenters. The molecular weight excluding hydrogens is 796 g/mol. The molecule has 0 saturated heterocycles. The molecule has 2 aliphatic rings. The molecule has 3 nitrogen and oxygen atoms in total. The van der Waals surface area contributed by atoms with Crippen molar-refractivity contribution < 1.29 is 0 Å². The Morgan fingerprint density at radius 1 is 0.379 bits per heavy atom. The van der Waals surface area contributed by atoms with Gasteiger partial charge in [0.2, 0.25) is 13.4 Å². The number of para-hydroxylation sites is 3. The van der Waals surface area contributed by atoms with Crippen LogP contribution in [0.5, 0.6) is 0 Å². The number of hydrogen-bond donors (Lipinski definition) is 0. The summed E-state index contributed by atoms with van der Waals surface area (Å²) in [6.07, 6.45) is 0. The van der Waals surface area contributed by atoms with E-state index in [1.165, 1.54) is 128 Å². The second kappa shape index (κ2) is 15.4. The van der Waals surface area contributed by atoms with Crippen molar-refractivity contribution >= 4 is 74.3 Å². The normalized spacial score (nSPS) is 12.8. The van der Waals surface area contributed by atoms with Gasteiger partial charge in [-0.3, -0.25) is 4.57 Å². The summed E-state index contributed by atoms with van der Waals surface area (Å²) in [5, 5.41) is 0. The van der Waals surface area contributed by atoms with Crippen LogP contribution in [0, 0.1) is 83.1 Å². The zero-order chi connectivity index (χ0) is 46.0. The average molecular weight is 854 g/mol. The monoisotopic (exact) mass is 853 g/mol. The van der Waals surface area contributed by atoms with Crippen molar-refractivity contribution in [3.63, 3.8) is 0 Å². The quantitative estimate of drug-likeness (QED) is 0.161. The molecule has 11 rings (SSSR count). The van der Waals surface area contributed by atoms with Gasteiger partial charge in [0.05, 0.1) is 11.0 Å². The van der Waals surface area contributed by atoms with Gasteiger partial charge in [0, 0.05) is 28.3 Å². The Kier molecular flexibility index (Phi) is 9.75. The summed E-state index contributed by atoms with van der Waals surface area (Å²) < 4.78 is 2.29. The third-order valence-corrected chi connectivity index (χ3v) is 16.2. The lowest BCUT2D eigenvalue weighted by Crippen LogP contribution is -2.66. The fraction of sp³-hybridized carbons (Fsp3) is 0.197. The molecule has 0 N–H and O–H groups in total. The van der Waals surface area contributed by atoms with E-state index < -0.39 is 0 Å². The van der Waals surface area contributed by atoms with Crippen LogP contribution in [-0.4, -0.2) is 23.0 Å². The second-order valence-electron chi connectivity index (χ2n) is 19.6. The van der Waals surface area contributed by atoms with Gasteiger partial charge in [-0.15, -0.1) is 0 Å². The molecule has 0 spiro atoms. The molecule has 1 aromatic heterocycles. The van der Waals surface area contributed by atoms with Crippen molar-refractivity contribution in [2.24, 2.45) is 0 Å². The van der Waals surface area contributed by atoms with Crippen LogP contribution in [0.2, 0.25) is 0 Å². The number of benzene rings is 8. The first-order valence-corrected chi connectivity index (χ1v) is 23.7. The van der Waals surface area contributed by atoms with Gasteiger partial charge in [0.1, 0.15) is 5.82 Å². The first-order chi connectivity index (χ1) is 31.7. The highest BCUT2D eigenvalue weighted by molar-refractivity contribution is 7.02. The number of aryl methyl sites for hydroxylation is 2. The van der Waals surface area contributed by atoms with Gasteiger partial charge in [0.25, 0.3) is 0 Å². The van der Waals surface area contributed by atoms with Crippen LogP contribution in [-0.2, 0) is 0 Å². The summed E-state index contributed by atoms with van der Waals surface area (Å²) >= 11 is 0. The van der Waals surface area contributed by atoms with E-state index >= 15 is 0 Å². The molecular formula is C61H57B2N3. The topological polar surface area (TPSA) is 21.1 Å². The lowest BCUT2D eigenvalue weighted by atomic mass is 9.29. The molecule has 2 aliphatic heterocycles. The molecule has 0 radical (unpaired) electrons. The summed E-state index contributed by atoms with van der Waals surface area (Å²) in [5.74, 6) is 0.941.